The molecule has 0 saturated carbocycles. The number of carbonyl (C=O) groups excluding carboxylic acids is 3. The first-order valence-electron chi connectivity index (χ1n) is 11.8. The molecule has 3 aromatic heterocycles. The fourth-order valence-corrected chi connectivity index (χ4v) is 5.72. The molecule has 182 valence electrons. The quantitative estimate of drug-likeness (QED) is 0.504. The Kier molecular flexibility index (Phi) is 6.38. The Hall–Kier alpha value is -3.53. The minimum absolute atomic E-state index is 0.175. The lowest BCUT2D eigenvalue weighted by Gasteiger charge is -2.40. The van der Waals surface area contributed by atoms with Crippen LogP contribution in [0.1, 0.15) is 53.6 Å². The minimum atomic E-state index is -1.21. The summed E-state index contributed by atoms with van der Waals surface area (Å²) in [4.78, 5) is 47.2. The Bertz CT molecular complexity index is 1200. The second kappa shape index (κ2) is 9.61. The molecule has 35 heavy (non-hydrogen) atoms. The zero-order valence-electron chi connectivity index (χ0n) is 19.5. The standard InChI is InChI=1S/C25H27N5O4S/c1-2-4-20-13-21(28-34-20)22(31)29-10-6-18(7-11-29)25(19-5-3-9-26-14-19)23(32)30(24(33)27-25)15-17-8-12-35-16-17/h3,5,8-9,12-14,16,18H,2,4,6-7,10-11,15H2,1H3,(H,27,33). The zero-order valence-corrected chi connectivity index (χ0v) is 20.3. The fourth-order valence-electron chi connectivity index (χ4n) is 5.06. The number of urea groups is 1. The van der Waals surface area contributed by atoms with E-state index in [2.05, 4.69) is 15.5 Å². The molecule has 2 aliphatic heterocycles. The first kappa shape index (κ1) is 23.2. The molecule has 9 nitrogen and oxygen atoms in total. The molecule has 3 aromatic rings. The van der Waals surface area contributed by atoms with E-state index < -0.39 is 11.6 Å². The van der Waals surface area contributed by atoms with E-state index >= 15 is 0 Å². The van der Waals surface area contributed by atoms with Gasteiger partial charge < -0.3 is 14.7 Å². The highest BCUT2D eigenvalue weighted by atomic mass is 32.1. The number of rotatable bonds is 7. The number of pyridine rings is 1. The van der Waals surface area contributed by atoms with Crippen molar-refractivity contribution in [2.24, 2.45) is 5.92 Å². The molecule has 2 fully saturated rings. The molecule has 0 aromatic carbocycles. The third-order valence-electron chi connectivity index (χ3n) is 6.84. The van der Waals surface area contributed by atoms with Crippen LogP contribution < -0.4 is 5.32 Å². The fraction of sp³-hybridized carbons (Fsp3) is 0.400. The Labute approximate surface area is 207 Å². The number of imide groups is 1. The van der Waals surface area contributed by atoms with Crippen LogP contribution in [0, 0.1) is 5.92 Å². The third kappa shape index (κ3) is 4.22. The van der Waals surface area contributed by atoms with E-state index in [1.54, 1.807) is 29.4 Å². The number of piperidine rings is 1. The number of amides is 4. The number of carbonyl (C=O) groups is 3. The smallest absolute Gasteiger partial charge is 0.325 e. The van der Waals surface area contributed by atoms with Gasteiger partial charge in [-0.05, 0) is 53.6 Å². The van der Waals surface area contributed by atoms with E-state index in [9.17, 15) is 14.4 Å². The number of aryl methyl sites for hydroxylation is 1. The van der Waals surface area contributed by atoms with Gasteiger partial charge in [0.1, 0.15) is 5.76 Å². The van der Waals surface area contributed by atoms with Gasteiger partial charge in [0.2, 0.25) is 0 Å². The van der Waals surface area contributed by atoms with Gasteiger partial charge in [-0.15, -0.1) is 0 Å². The molecule has 2 aliphatic rings. The van der Waals surface area contributed by atoms with Crippen molar-refractivity contribution in [2.45, 2.75) is 44.7 Å². The summed E-state index contributed by atoms with van der Waals surface area (Å²) in [5.41, 5.74) is 0.673. The summed E-state index contributed by atoms with van der Waals surface area (Å²) in [5, 5.41) is 10.8. The monoisotopic (exact) mass is 493 g/mol. The Balaban J connectivity index is 1.37. The minimum Gasteiger partial charge on any atom is -0.361 e. The predicted octanol–water partition coefficient (Wildman–Crippen LogP) is 3.58. The Morgan fingerprint density at radius 3 is 2.80 bits per heavy atom. The first-order valence-corrected chi connectivity index (χ1v) is 12.8. The molecular formula is C25H27N5O4S. The number of thiophene rings is 1. The van der Waals surface area contributed by atoms with Gasteiger partial charge in [-0.25, -0.2) is 4.79 Å². The summed E-state index contributed by atoms with van der Waals surface area (Å²) >= 11 is 1.53. The van der Waals surface area contributed by atoms with Gasteiger partial charge >= 0.3 is 6.03 Å². The highest BCUT2D eigenvalue weighted by Gasteiger charge is 2.57. The van der Waals surface area contributed by atoms with Crippen LogP contribution in [0.25, 0.3) is 0 Å². The van der Waals surface area contributed by atoms with Gasteiger partial charge in [-0.1, -0.05) is 18.1 Å². The van der Waals surface area contributed by atoms with Crippen LogP contribution in [0.15, 0.2) is 51.9 Å². The number of hydrogen-bond acceptors (Lipinski definition) is 7. The van der Waals surface area contributed by atoms with Gasteiger partial charge in [0.25, 0.3) is 11.8 Å². The number of likely N-dealkylation sites (tertiary alicyclic amines) is 1. The highest BCUT2D eigenvalue weighted by Crippen LogP contribution is 2.41. The molecule has 4 amide bonds. The molecule has 1 N–H and O–H groups in total. The van der Waals surface area contributed by atoms with Crippen LogP contribution in [0.4, 0.5) is 4.79 Å². The zero-order chi connectivity index (χ0) is 24.4. The van der Waals surface area contributed by atoms with Gasteiger partial charge in [-0.2, -0.15) is 11.3 Å². The van der Waals surface area contributed by atoms with Crippen LogP contribution in [0.5, 0.6) is 0 Å². The van der Waals surface area contributed by atoms with Crippen LogP contribution in [-0.4, -0.2) is 50.9 Å². The van der Waals surface area contributed by atoms with Crippen LogP contribution in [-0.2, 0) is 23.3 Å². The van der Waals surface area contributed by atoms with E-state index in [-0.39, 0.29) is 24.3 Å². The lowest BCUT2D eigenvalue weighted by molar-refractivity contribution is -0.134. The maximum Gasteiger partial charge on any atom is 0.325 e. The molecule has 1 atom stereocenters. The normalized spacial score (nSPS) is 20.9. The average Bonchev–Trinajstić information content (AvgIpc) is 3.62. The third-order valence-corrected chi connectivity index (χ3v) is 7.57. The summed E-state index contributed by atoms with van der Waals surface area (Å²) in [7, 11) is 0. The van der Waals surface area contributed by atoms with Crippen LogP contribution in [0.3, 0.4) is 0 Å². The Morgan fingerprint density at radius 2 is 2.11 bits per heavy atom. The largest absolute Gasteiger partial charge is 0.361 e. The van der Waals surface area contributed by atoms with Crippen molar-refractivity contribution < 1.29 is 18.9 Å². The topological polar surface area (TPSA) is 109 Å². The molecule has 5 rings (SSSR count). The lowest BCUT2D eigenvalue weighted by atomic mass is 9.73. The summed E-state index contributed by atoms with van der Waals surface area (Å²) in [5.74, 6) is 0.0666. The van der Waals surface area contributed by atoms with Crippen molar-refractivity contribution in [3.8, 4) is 0 Å². The van der Waals surface area contributed by atoms with Crippen molar-refractivity contribution >= 4 is 29.2 Å². The maximum absolute atomic E-state index is 13.9. The summed E-state index contributed by atoms with van der Waals surface area (Å²) in [6, 6.07) is 6.82. The highest BCUT2D eigenvalue weighted by molar-refractivity contribution is 7.07. The molecule has 5 heterocycles. The van der Waals surface area contributed by atoms with Crippen molar-refractivity contribution in [1.29, 1.82) is 0 Å². The maximum atomic E-state index is 13.9. The number of nitrogens with one attached hydrogen (secondary N) is 1. The van der Waals surface area contributed by atoms with Crippen LogP contribution >= 0.6 is 11.3 Å². The molecular weight excluding hydrogens is 466 g/mol. The number of nitrogens with zero attached hydrogens (tertiary/aromatic N) is 4. The SMILES string of the molecule is CCCc1cc(C(=O)N2CCC(C3(c4cccnc4)NC(=O)N(Cc4ccsc4)C3=O)CC2)no1. The molecule has 0 aliphatic carbocycles. The molecule has 1 unspecified atom stereocenters. The van der Waals surface area contributed by atoms with Gasteiger partial charge in [-0.3, -0.25) is 19.5 Å². The van der Waals surface area contributed by atoms with E-state index in [0.29, 0.717) is 42.9 Å². The summed E-state index contributed by atoms with van der Waals surface area (Å²) in [6.45, 7) is 3.17. The molecule has 10 heteroatoms. The van der Waals surface area contributed by atoms with Crippen molar-refractivity contribution in [3.05, 3.63) is 70.0 Å². The van der Waals surface area contributed by atoms with E-state index in [0.717, 1.165) is 18.4 Å². The molecule has 0 spiro atoms. The second-order valence-electron chi connectivity index (χ2n) is 9.00. The molecule has 2 saturated heterocycles. The average molecular weight is 494 g/mol. The van der Waals surface area contributed by atoms with Crippen LogP contribution in [0.2, 0.25) is 0 Å². The van der Waals surface area contributed by atoms with E-state index in [1.807, 2.05) is 29.8 Å². The van der Waals surface area contributed by atoms with Crippen molar-refractivity contribution in [3.63, 3.8) is 0 Å². The summed E-state index contributed by atoms with van der Waals surface area (Å²) in [6.07, 6.45) is 6.05. The van der Waals surface area contributed by atoms with Gasteiger partial charge in [0, 0.05) is 43.5 Å². The van der Waals surface area contributed by atoms with Crippen molar-refractivity contribution in [1.82, 2.24) is 25.3 Å². The van der Waals surface area contributed by atoms with E-state index in [1.165, 1.54) is 16.2 Å². The summed E-state index contributed by atoms with van der Waals surface area (Å²) < 4.78 is 5.27. The predicted molar refractivity (Wildman–Crippen MR) is 128 cm³/mol. The van der Waals surface area contributed by atoms with E-state index in [4.69, 9.17) is 4.52 Å². The van der Waals surface area contributed by atoms with Gasteiger partial charge in [0.05, 0.1) is 6.54 Å². The molecule has 0 bridgehead atoms. The lowest BCUT2D eigenvalue weighted by Crippen LogP contribution is -2.54. The first-order chi connectivity index (χ1) is 17.0. The number of hydrogen-bond donors (Lipinski definition) is 1. The number of aromatic nitrogens is 2. The van der Waals surface area contributed by atoms with Crippen molar-refractivity contribution in [2.75, 3.05) is 13.1 Å². The Morgan fingerprint density at radius 1 is 1.29 bits per heavy atom. The molecule has 0 radical (unpaired) electrons. The second-order valence-corrected chi connectivity index (χ2v) is 9.78. The van der Waals surface area contributed by atoms with Gasteiger partial charge in [0.15, 0.2) is 11.2 Å².